The van der Waals surface area contributed by atoms with Gasteiger partial charge >= 0.3 is 0 Å². The fourth-order valence-corrected chi connectivity index (χ4v) is 3.67. The molecule has 1 fully saturated rings. The first-order valence-corrected chi connectivity index (χ1v) is 8.44. The van der Waals surface area contributed by atoms with Crippen LogP contribution in [-0.2, 0) is 13.0 Å². The highest BCUT2D eigenvalue weighted by Crippen LogP contribution is 2.24. The molecular weight excluding hydrogens is 397 g/mol. The Morgan fingerprint density at radius 3 is 2.90 bits per heavy atom. The monoisotopic (exact) mass is 421 g/mol. The first-order valence-electron chi connectivity index (χ1n) is 7.46. The van der Waals surface area contributed by atoms with Gasteiger partial charge in [-0.3, -0.25) is 4.99 Å². The smallest absolute Gasteiger partial charge is 0.191 e. The second-order valence-electron chi connectivity index (χ2n) is 5.72. The van der Waals surface area contributed by atoms with Crippen LogP contribution in [0.4, 0.5) is 0 Å². The molecule has 3 rings (SSSR count). The van der Waals surface area contributed by atoms with E-state index in [0.717, 1.165) is 55.1 Å². The second kappa shape index (κ2) is 7.71. The average Bonchev–Trinajstić information content (AvgIpc) is 3.00. The summed E-state index contributed by atoms with van der Waals surface area (Å²) in [6, 6.07) is 0. The number of nitrogens with zero attached hydrogens (tertiary/aromatic N) is 4. The Hall–Kier alpha value is -0.440. The highest BCUT2D eigenvalue weighted by molar-refractivity contribution is 14.0. The second-order valence-corrected chi connectivity index (χ2v) is 6.78. The first-order chi connectivity index (χ1) is 9.72. The molecule has 7 heteroatoms. The SMILES string of the molecule is CC1CCN(C(N)=NCCc2cn3c(n2)SCC3)CC1.I. The summed E-state index contributed by atoms with van der Waals surface area (Å²) in [6.07, 6.45) is 5.48. The van der Waals surface area contributed by atoms with Crippen LogP contribution in [0, 0.1) is 5.92 Å². The van der Waals surface area contributed by atoms with Crippen molar-refractivity contribution in [2.45, 2.75) is 37.9 Å². The van der Waals surface area contributed by atoms with Crippen molar-refractivity contribution in [3.8, 4) is 0 Å². The van der Waals surface area contributed by atoms with Crippen LogP contribution in [0.1, 0.15) is 25.5 Å². The molecule has 2 aliphatic rings. The van der Waals surface area contributed by atoms with E-state index in [1.54, 1.807) is 0 Å². The Kier molecular flexibility index (Phi) is 6.21. The van der Waals surface area contributed by atoms with Gasteiger partial charge in [-0.15, -0.1) is 24.0 Å². The molecule has 0 saturated carbocycles. The number of guanidine groups is 1. The molecule has 0 unspecified atom stereocenters. The summed E-state index contributed by atoms with van der Waals surface area (Å²) >= 11 is 1.83. The number of aromatic nitrogens is 2. The Labute approximate surface area is 147 Å². The normalized spacial score (nSPS) is 19.5. The molecule has 1 saturated heterocycles. The number of nitrogens with two attached hydrogens (primary N) is 1. The molecule has 0 bridgehead atoms. The maximum atomic E-state index is 6.08. The molecule has 0 aliphatic carbocycles. The van der Waals surface area contributed by atoms with E-state index in [9.17, 15) is 0 Å². The largest absolute Gasteiger partial charge is 0.370 e. The van der Waals surface area contributed by atoms with Crippen molar-refractivity contribution >= 4 is 41.7 Å². The van der Waals surface area contributed by atoms with Gasteiger partial charge in [0.05, 0.1) is 5.69 Å². The number of aryl methyl sites for hydroxylation is 1. The third kappa shape index (κ3) is 4.28. The lowest BCUT2D eigenvalue weighted by Gasteiger charge is -2.31. The van der Waals surface area contributed by atoms with Gasteiger partial charge in [-0.1, -0.05) is 18.7 Å². The fraction of sp³-hybridized carbons (Fsp3) is 0.714. The molecule has 5 nitrogen and oxygen atoms in total. The number of rotatable bonds is 3. The first kappa shape index (κ1) is 16.9. The van der Waals surface area contributed by atoms with Gasteiger partial charge in [0.2, 0.25) is 0 Å². The van der Waals surface area contributed by atoms with E-state index >= 15 is 0 Å². The maximum absolute atomic E-state index is 6.08. The van der Waals surface area contributed by atoms with Crippen molar-refractivity contribution in [2.24, 2.45) is 16.6 Å². The number of fused-ring (bicyclic) bond motifs is 1. The summed E-state index contributed by atoms with van der Waals surface area (Å²) < 4.78 is 2.24. The van der Waals surface area contributed by atoms with Crippen LogP contribution < -0.4 is 5.73 Å². The zero-order valence-electron chi connectivity index (χ0n) is 12.5. The highest BCUT2D eigenvalue weighted by atomic mass is 127. The Morgan fingerprint density at radius 2 is 2.19 bits per heavy atom. The Balaban J connectivity index is 0.00000161. The third-order valence-electron chi connectivity index (χ3n) is 4.10. The summed E-state index contributed by atoms with van der Waals surface area (Å²) in [5, 5.41) is 1.15. The van der Waals surface area contributed by atoms with Crippen LogP contribution in [0.3, 0.4) is 0 Å². The lowest BCUT2D eigenvalue weighted by atomic mass is 10.00. The van der Waals surface area contributed by atoms with Gasteiger partial charge in [0, 0.05) is 44.5 Å². The van der Waals surface area contributed by atoms with Crippen molar-refractivity contribution in [3.63, 3.8) is 0 Å². The van der Waals surface area contributed by atoms with Crippen LogP contribution in [0.15, 0.2) is 16.3 Å². The molecule has 0 amide bonds. The predicted molar refractivity (Wildman–Crippen MR) is 98.5 cm³/mol. The van der Waals surface area contributed by atoms with E-state index in [1.165, 1.54) is 12.8 Å². The molecule has 2 N–H and O–H groups in total. The van der Waals surface area contributed by atoms with E-state index in [0.29, 0.717) is 5.96 Å². The number of likely N-dealkylation sites (tertiary alicyclic amines) is 1. The molecular formula is C14H24IN5S. The molecule has 3 heterocycles. The number of halogens is 1. The number of aliphatic imine (C=N–C) groups is 1. The Bertz CT molecular complexity index is 472. The minimum absolute atomic E-state index is 0. The summed E-state index contributed by atoms with van der Waals surface area (Å²) in [6.45, 7) is 6.22. The molecule has 2 aliphatic heterocycles. The molecule has 0 aromatic carbocycles. The van der Waals surface area contributed by atoms with E-state index < -0.39 is 0 Å². The molecule has 0 atom stereocenters. The molecule has 21 heavy (non-hydrogen) atoms. The minimum atomic E-state index is 0. The Morgan fingerprint density at radius 1 is 1.43 bits per heavy atom. The van der Waals surface area contributed by atoms with Gasteiger partial charge < -0.3 is 15.2 Å². The minimum Gasteiger partial charge on any atom is -0.370 e. The van der Waals surface area contributed by atoms with Crippen molar-refractivity contribution in [1.29, 1.82) is 0 Å². The topological polar surface area (TPSA) is 59.4 Å². The zero-order chi connectivity index (χ0) is 13.9. The van der Waals surface area contributed by atoms with Gasteiger partial charge in [0.1, 0.15) is 0 Å². The molecule has 1 aromatic rings. The summed E-state index contributed by atoms with van der Waals surface area (Å²) in [5.74, 6) is 2.68. The lowest BCUT2D eigenvalue weighted by molar-refractivity contribution is 0.277. The van der Waals surface area contributed by atoms with Gasteiger partial charge in [-0.25, -0.2) is 4.98 Å². The van der Waals surface area contributed by atoms with Gasteiger partial charge in [0.25, 0.3) is 0 Å². The van der Waals surface area contributed by atoms with E-state index in [4.69, 9.17) is 5.73 Å². The van der Waals surface area contributed by atoms with Crippen molar-refractivity contribution in [2.75, 3.05) is 25.4 Å². The number of thioether (sulfide) groups is 1. The van der Waals surface area contributed by atoms with Crippen LogP contribution in [0.2, 0.25) is 0 Å². The summed E-state index contributed by atoms with van der Waals surface area (Å²) in [4.78, 5) is 11.3. The highest BCUT2D eigenvalue weighted by Gasteiger charge is 2.17. The van der Waals surface area contributed by atoms with Gasteiger partial charge in [-0.05, 0) is 18.8 Å². The number of imidazole rings is 1. The number of piperidine rings is 1. The average molecular weight is 421 g/mol. The van der Waals surface area contributed by atoms with Crippen LogP contribution in [-0.4, -0.2) is 45.8 Å². The predicted octanol–water partition coefficient (Wildman–Crippen LogP) is 2.20. The lowest BCUT2D eigenvalue weighted by Crippen LogP contribution is -2.42. The van der Waals surface area contributed by atoms with Crippen LogP contribution >= 0.6 is 35.7 Å². The summed E-state index contributed by atoms with van der Waals surface area (Å²) in [5.41, 5.74) is 7.21. The molecule has 0 spiro atoms. The van der Waals surface area contributed by atoms with Crippen molar-refractivity contribution in [1.82, 2.24) is 14.5 Å². The zero-order valence-corrected chi connectivity index (χ0v) is 15.6. The summed E-state index contributed by atoms with van der Waals surface area (Å²) in [7, 11) is 0. The molecule has 118 valence electrons. The standard InChI is InChI=1S/C14H23N5S.HI/c1-11-3-6-18(7-4-11)13(15)16-5-2-12-10-19-8-9-20-14(19)17-12;/h10-11H,2-9H2,1H3,(H2,15,16);1H. The van der Waals surface area contributed by atoms with Gasteiger partial charge in [0.15, 0.2) is 11.1 Å². The van der Waals surface area contributed by atoms with E-state index in [2.05, 4.69) is 32.6 Å². The van der Waals surface area contributed by atoms with E-state index in [-0.39, 0.29) is 24.0 Å². The van der Waals surface area contributed by atoms with Crippen molar-refractivity contribution < 1.29 is 0 Å². The third-order valence-corrected chi connectivity index (χ3v) is 5.07. The van der Waals surface area contributed by atoms with Crippen LogP contribution in [0.5, 0.6) is 0 Å². The van der Waals surface area contributed by atoms with Crippen LogP contribution in [0.25, 0.3) is 0 Å². The van der Waals surface area contributed by atoms with Crippen molar-refractivity contribution in [3.05, 3.63) is 11.9 Å². The van der Waals surface area contributed by atoms with Gasteiger partial charge in [-0.2, -0.15) is 0 Å². The molecule has 0 radical (unpaired) electrons. The fourth-order valence-electron chi connectivity index (χ4n) is 2.70. The van der Waals surface area contributed by atoms with E-state index in [1.807, 2.05) is 11.8 Å². The maximum Gasteiger partial charge on any atom is 0.191 e. The number of hydrogen-bond acceptors (Lipinski definition) is 3. The number of hydrogen-bond donors (Lipinski definition) is 1. The molecule has 1 aromatic heterocycles. The quantitative estimate of drug-likeness (QED) is 0.462.